The van der Waals surface area contributed by atoms with Gasteiger partial charge in [0, 0.05) is 39.3 Å². The molecule has 2 aliphatic rings. The van der Waals surface area contributed by atoms with E-state index in [1.807, 2.05) is 42.5 Å². The number of benzene rings is 2. The molecular formula is C28H30BrNO5. The molecular weight excluding hydrogens is 510 g/mol. The van der Waals surface area contributed by atoms with Crippen molar-refractivity contribution in [1.29, 1.82) is 0 Å². The van der Waals surface area contributed by atoms with E-state index in [0.29, 0.717) is 35.6 Å². The highest BCUT2D eigenvalue weighted by atomic mass is 79.9. The monoisotopic (exact) mass is 539 g/mol. The van der Waals surface area contributed by atoms with Crippen LogP contribution in [0.5, 0.6) is 11.5 Å². The van der Waals surface area contributed by atoms with Crippen LogP contribution in [0.25, 0.3) is 0 Å². The molecule has 2 unspecified atom stereocenters. The Balaban J connectivity index is 1.78. The van der Waals surface area contributed by atoms with Crippen LogP contribution in [0.15, 0.2) is 70.5 Å². The summed E-state index contributed by atoms with van der Waals surface area (Å²) in [4.78, 5) is 26.3. The van der Waals surface area contributed by atoms with Crippen molar-refractivity contribution in [2.24, 2.45) is 11.3 Å². The van der Waals surface area contributed by atoms with Gasteiger partial charge < -0.3 is 19.5 Å². The molecule has 0 fully saturated rings. The molecule has 1 aliphatic carbocycles. The molecule has 6 nitrogen and oxygen atoms in total. The molecule has 4 rings (SSSR count). The molecule has 35 heavy (non-hydrogen) atoms. The first-order chi connectivity index (χ1) is 16.6. The van der Waals surface area contributed by atoms with Gasteiger partial charge in [-0.05, 0) is 47.7 Å². The van der Waals surface area contributed by atoms with Crippen LogP contribution in [-0.2, 0) is 20.9 Å². The molecule has 0 spiro atoms. The van der Waals surface area contributed by atoms with Crippen LogP contribution >= 0.6 is 15.9 Å². The minimum atomic E-state index is -0.726. The van der Waals surface area contributed by atoms with E-state index in [0.717, 1.165) is 21.3 Å². The molecule has 7 heteroatoms. The van der Waals surface area contributed by atoms with E-state index in [9.17, 15) is 9.59 Å². The number of carbonyl (C=O) groups is 2. The van der Waals surface area contributed by atoms with Crippen molar-refractivity contribution in [2.45, 2.75) is 39.2 Å². The zero-order valence-corrected chi connectivity index (χ0v) is 22.0. The van der Waals surface area contributed by atoms with E-state index in [4.69, 9.17) is 14.2 Å². The lowest BCUT2D eigenvalue weighted by molar-refractivity contribution is -0.144. The Bertz CT molecular complexity index is 1220. The fourth-order valence-electron chi connectivity index (χ4n) is 5.03. The Morgan fingerprint density at radius 2 is 1.94 bits per heavy atom. The van der Waals surface area contributed by atoms with E-state index in [1.165, 1.54) is 7.11 Å². The topological polar surface area (TPSA) is 73.9 Å². The van der Waals surface area contributed by atoms with E-state index in [2.05, 4.69) is 41.7 Å². The highest BCUT2D eigenvalue weighted by Gasteiger charge is 2.46. The zero-order valence-electron chi connectivity index (χ0n) is 20.4. The number of carbonyl (C=O) groups excluding carboxylic acids is 2. The summed E-state index contributed by atoms with van der Waals surface area (Å²) in [6.45, 7) is 8.54. The Morgan fingerprint density at radius 1 is 1.17 bits per heavy atom. The summed E-state index contributed by atoms with van der Waals surface area (Å²) < 4.78 is 17.7. The second-order valence-corrected chi connectivity index (χ2v) is 10.7. The first-order valence-corrected chi connectivity index (χ1v) is 12.3. The number of Topliss-reactive ketones (excluding diaryl/α,β-unsaturated/α-hetero) is 1. The number of allylic oxidation sites excluding steroid dienone is 2. The van der Waals surface area contributed by atoms with Crippen molar-refractivity contribution in [3.63, 3.8) is 0 Å². The molecule has 1 N–H and O–H groups in total. The number of halogens is 1. The molecule has 1 aliphatic heterocycles. The van der Waals surface area contributed by atoms with E-state index in [-0.39, 0.29) is 17.8 Å². The van der Waals surface area contributed by atoms with Crippen LogP contribution in [0.3, 0.4) is 0 Å². The molecule has 2 aromatic rings. The van der Waals surface area contributed by atoms with Gasteiger partial charge in [-0.3, -0.25) is 9.59 Å². The van der Waals surface area contributed by atoms with Gasteiger partial charge in [-0.2, -0.15) is 0 Å². The summed E-state index contributed by atoms with van der Waals surface area (Å²) in [6, 6.07) is 13.3. The first kappa shape index (κ1) is 25.0. The number of rotatable bonds is 6. The number of methoxy groups -OCH3 is 2. The maximum atomic E-state index is 13.4. The van der Waals surface area contributed by atoms with Crippen molar-refractivity contribution in [2.75, 3.05) is 14.2 Å². The van der Waals surface area contributed by atoms with E-state index >= 15 is 0 Å². The number of hydrogen-bond acceptors (Lipinski definition) is 6. The summed E-state index contributed by atoms with van der Waals surface area (Å²) in [6.07, 6.45) is 1.12. The summed E-state index contributed by atoms with van der Waals surface area (Å²) >= 11 is 3.46. The average Bonchev–Trinajstić information content (AvgIpc) is 2.80. The summed E-state index contributed by atoms with van der Waals surface area (Å²) in [7, 11) is 2.96. The van der Waals surface area contributed by atoms with Gasteiger partial charge in [-0.25, -0.2) is 0 Å². The van der Waals surface area contributed by atoms with Crippen LogP contribution in [0.2, 0.25) is 0 Å². The molecule has 0 amide bonds. The number of ether oxygens (including phenoxy) is 3. The van der Waals surface area contributed by atoms with Gasteiger partial charge >= 0.3 is 5.97 Å². The van der Waals surface area contributed by atoms with Crippen molar-refractivity contribution in [3.8, 4) is 11.5 Å². The number of nitrogens with one attached hydrogen (secondary N) is 1. The van der Waals surface area contributed by atoms with Crippen LogP contribution in [-0.4, -0.2) is 26.0 Å². The predicted octanol–water partition coefficient (Wildman–Crippen LogP) is 5.67. The fraction of sp³-hybridized carbons (Fsp3) is 0.357. The third-order valence-electron chi connectivity index (χ3n) is 6.56. The van der Waals surface area contributed by atoms with Crippen molar-refractivity contribution in [3.05, 3.63) is 81.6 Å². The van der Waals surface area contributed by atoms with E-state index < -0.39 is 17.8 Å². The Labute approximate surface area is 214 Å². The molecule has 2 atom stereocenters. The van der Waals surface area contributed by atoms with Crippen LogP contribution in [0, 0.1) is 11.3 Å². The van der Waals surface area contributed by atoms with Gasteiger partial charge in [0.25, 0.3) is 0 Å². The lowest BCUT2D eigenvalue weighted by Crippen LogP contribution is -2.43. The van der Waals surface area contributed by atoms with Crippen molar-refractivity contribution in [1.82, 2.24) is 5.32 Å². The van der Waals surface area contributed by atoms with Crippen LogP contribution < -0.4 is 14.8 Å². The third kappa shape index (κ3) is 5.15. The van der Waals surface area contributed by atoms with Gasteiger partial charge in [-0.1, -0.05) is 48.5 Å². The molecule has 2 aromatic carbocycles. The van der Waals surface area contributed by atoms with Gasteiger partial charge in [0.15, 0.2) is 5.78 Å². The molecule has 0 saturated carbocycles. The fourth-order valence-corrected chi connectivity index (χ4v) is 5.41. The van der Waals surface area contributed by atoms with E-state index in [1.54, 1.807) is 7.11 Å². The quantitative estimate of drug-likeness (QED) is 0.476. The molecule has 184 valence electrons. The van der Waals surface area contributed by atoms with Crippen molar-refractivity contribution < 1.29 is 23.8 Å². The lowest BCUT2D eigenvalue weighted by Gasteiger charge is -2.42. The highest BCUT2D eigenvalue weighted by molar-refractivity contribution is 9.10. The second kappa shape index (κ2) is 9.90. The first-order valence-electron chi connectivity index (χ1n) is 11.5. The minimum Gasteiger partial charge on any atom is -0.496 e. The SMILES string of the molecule is C=C1NC2=C(C(=O)CC(C)(C)C2)C(c2ccc(OC)c(COc3cccc(Br)c3)c2)C1C(=O)OC. The number of hydrogen-bond donors (Lipinski definition) is 1. The molecule has 1 heterocycles. The summed E-state index contributed by atoms with van der Waals surface area (Å²) in [5, 5.41) is 3.27. The standard InChI is InChI=1S/C28H30BrNO5/c1-16-24(27(32)34-5)25(26-21(30-16)13-28(2,3)14-22(26)31)17-9-10-23(33-4)18(11-17)15-35-20-8-6-7-19(29)12-20/h6-12,24-25,30H,1,13-15H2,2-5H3. The Morgan fingerprint density at radius 3 is 2.63 bits per heavy atom. The lowest BCUT2D eigenvalue weighted by atomic mass is 9.66. The summed E-state index contributed by atoms with van der Waals surface area (Å²) in [5.74, 6) is -0.251. The summed E-state index contributed by atoms with van der Waals surface area (Å²) in [5.41, 5.74) is 3.46. The zero-order chi connectivity index (χ0) is 25.3. The average molecular weight is 540 g/mol. The number of esters is 1. The normalized spacial score (nSPS) is 21.2. The van der Waals surface area contributed by atoms with Crippen LogP contribution in [0.1, 0.15) is 43.7 Å². The largest absolute Gasteiger partial charge is 0.496 e. The predicted molar refractivity (Wildman–Crippen MR) is 137 cm³/mol. The third-order valence-corrected chi connectivity index (χ3v) is 7.05. The molecule has 0 bridgehead atoms. The smallest absolute Gasteiger partial charge is 0.315 e. The van der Waals surface area contributed by atoms with Crippen molar-refractivity contribution >= 4 is 27.7 Å². The maximum Gasteiger partial charge on any atom is 0.315 e. The van der Waals surface area contributed by atoms with Gasteiger partial charge in [0.1, 0.15) is 24.0 Å². The minimum absolute atomic E-state index is 0.0397. The van der Waals surface area contributed by atoms with Gasteiger partial charge in [0.2, 0.25) is 0 Å². The Kier molecular flexibility index (Phi) is 7.08. The molecule has 0 saturated heterocycles. The van der Waals surface area contributed by atoms with Crippen LogP contribution in [0.4, 0.5) is 0 Å². The Hall–Kier alpha value is -3.06. The maximum absolute atomic E-state index is 13.4. The van der Waals surface area contributed by atoms with Gasteiger partial charge in [0.05, 0.1) is 14.2 Å². The highest BCUT2D eigenvalue weighted by Crippen LogP contribution is 2.48. The number of ketones is 1. The second-order valence-electron chi connectivity index (χ2n) is 9.78. The molecule has 0 aromatic heterocycles. The molecule has 0 radical (unpaired) electrons. The van der Waals surface area contributed by atoms with Gasteiger partial charge in [-0.15, -0.1) is 0 Å².